The van der Waals surface area contributed by atoms with E-state index in [1.165, 1.54) is 11.1 Å². The summed E-state index contributed by atoms with van der Waals surface area (Å²) in [5.41, 5.74) is 6.27. The Morgan fingerprint density at radius 2 is 1.70 bits per heavy atom. The second kappa shape index (κ2) is 8.78. The molecule has 1 amide bonds. The molecule has 4 rings (SSSR count). The van der Waals surface area contributed by atoms with Crippen LogP contribution in [0.1, 0.15) is 21.5 Å². The van der Waals surface area contributed by atoms with Crippen molar-refractivity contribution in [2.75, 3.05) is 13.7 Å². The molecule has 0 fully saturated rings. The van der Waals surface area contributed by atoms with Gasteiger partial charge in [0.2, 0.25) is 0 Å². The molecule has 0 bridgehead atoms. The Hall–Kier alpha value is -3.02. The highest BCUT2D eigenvalue weighted by atomic mass is 32.1. The van der Waals surface area contributed by atoms with Gasteiger partial charge in [-0.25, -0.2) is 0 Å². The zero-order valence-electron chi connectivity index (χ0n) is 17.4. The van der Waals surface area contributed by atoms with Crippen LogP contribution >= 0.6 is 11.3 Å². The Morgan fingerprint density at radius 3 is 2.40 bits per heavy atom. The van der Waals surface area contributed by atoms with Gasteiger partial charge in [0, 0.05) is 19.2 Å². The molecule has 0 aliphatic carbocycles. The number of fused-ring (bicyclic) bond motifs is 1. The highest BCUT2D eigenvalue weighted by Crippen LogP contribution is 2.24. The molecular weight excluding hydrogens is 392 g/mol. The van der Waals surface area contributed by atoms with Gasteiger partial charge in [0.05, 0.1) is 16.8 Å². The number of amides is 1. The summed E-state index contributed by atoms with van der Waals surface area (Å²) in [5, 5.41) is 0. The number of ether oxygens (including phenoxy) is 1. The Balaban J connectivity index is 1.73. The number of carbonyl (C=O) groups is 1. The maximum absolute atomic E-state index is 12.9. The summed E-state index contributed by atoms with van der Waals surface area (Å²) in [7, 11) is 1.68. The van der Waals surface area contributed by atoms with Crippen LogP contribution in [0.2, 0.25) is 0 Å². The van der Waals surface area contributed by atoms with Crippen molar-refractivity contribution in [3.8, 4) is 11.1 Å². The number of methoxy groups -OCH3 is 1. The van der Waals surface area contributed by atoms with Crippen molar-refractivity contribution < 1.29 is 9.53 Å². The quantitative estimate of drug-likeness (QED) is 0.439. The molecule has 0 aliphatic heterocycles. The molecule has 1 heterocycles. The summed E-state index contributed by atoms with van der Waals surface area (Å²) >= 11 is 1.55. The molecule has 0 unspecified atom stereocenters. The number of hydrogen-bond acceptors (Lipinski definition) is 3. The van der Waals surface area contributed by atoms with Crippen molar-refractivity contribution in [1.29, 1.82) is 0 Å². The minimum Gasteiger partial charge on any atom is -0.383 e. The molecule has 0 radical (unpaired) electrons. The van der Waals surface area contributed by atoms with Crippen LogP contribution in [-0.2, 0) is 11.3 Å². The van der Waals surface area contributed by atoms with E-state index in [0.717, 1.165) is 21.3 Å². The number of carbonyl (C=O) groups excluding carboxylic acids is 1. The maximum Gasteiger partial charge on any atom is 0.279 e. The topological polar surface area (TPSA) is 43.6 Å². The lowest BCUT2D eigenvalue weighted by Crippen LogP contribution is -2.19. The van der Waals surface area contributed by atoms with Gasteiger partial charge in [0.25, 0.3) is 5.91 Å². The van der Waals surface area contributed by atoms with Gasteiger partial charge in [-0.1, -0.05) is 59.9 Å². The Morgan fingerprint density at radius 1 is 1.00 bits per heavy atom. The average molecular weight is 417 g/mol. The predicted octanol–water partition coefficient (Wildman–Crippen LogP) is 5.37. The number of rotatable bonds is 5. The van der Waals surface area contributed by atoms with E-state index in [2.05, 4.69) is 47.7 Å². The normalized spacial score (nSPS) is 11.9. The third-order valence-electron chi connectivity index (χ3n) is 5.07. The average Bonchev–Trinajstić information content (AvgIpc) is 3.10. The minimum atomic E-state index is -0.235. The fourth-order valence-corrected chi connectivity index (χ4v) is 4.69. The van der Waals surface area contributed by atoms with Gasteiger partial charge in [-0.05, 0) is 54.3 Å². The lowest BCUT2D eigenvalue weighted by atomic mass is 10.0. The number of aryl methyl sites for hydroxylation is 2. The largest absolute Gasteiger partial charge is 0.383 e. The Bertz CT molecular complexity index is 1250. The van der Waals surface area contributed by atoms with Gasteiger partial charge >= 0.3 is 0 Å². The number of aromatic nitrogens is 1. The van der Waals surface area contributed by atoms with E-state index >= 15 is 0 Å². The third kappa shape index (κ3) is 4.13. The molecule has 4 nitrogen and oxygen atoms in total. The van der Waals surface area contributed by atoms with Crippen molar-refractivity contribution in [2.45, 2.75) is 20.4 Å². The maximum atomic E-state index is 12.9. The van der Waals surface area contributed by atoms with E-state index in [0.29, 0.717) is 23.5 Å². The Labute approximate surface area is 180 Å². The smallest absolute Gasteiger partial charge is 0.279 e. The van der Waals surface area contributed by atoms with Gasteiger partial charge < -0.3 is 9.30 Å². The summed E-state index contributed by atoms with van der Waals surface area (Å²) in [5.74, 6) is -0.235. The van der Waals surface area contributed by atoms with Crippen molar-refractivity contribution in [3.63, 3.8) is 0 Å². The molecular formula is C25H24N2O2S. The van der Waals surface area contributed by atoms with Gasteiger partial charge in [0.1, 0.15) is 0 Å². The lowest BCUT2D eigenvalue weighted by Gasteiger charge is -2.06. The number of thiazole rings is 1. The molecule has 0 atom stereocenters. The fraction of sp³-hybridized carbons (Fsp3) is 0.200. The summed E-state index contributed by atoms with van der Waals surface area (Å²) in [6, 6.07) is 22.1. The SMILES string of the molecule is COCCn1c(=NC(=O)c2ccc(-c3ccccc3)cc2)sc2c(C)cc(C)cc21. The Kier molecular flexibility index (Phi) is 5.93. The van der Waals surface area contributed by atoms with Gasteiger partial charge in [-0.15, -0.1) is 0 Å². The zero-order valence-corrected chi connectivity index (χ0v) is 18.2. The fourth-order valence-electron chi connectivity index (χ4n) is 3.58. The van der Waals surface area contributed by atoms with E-state index in [-0.39, 0.29) is 5.91 Å². The van der Waals surface area contributed by atoms with Crippen molar-refractivity contribution in [1.82, 2.24) is 4.57 Å². The van der Waals surface area contributed by atoms with Crippen LogP contribution in [0, 0.1) is 13.8 Å². The van der Waals surface area contributed by atoms with Crippen LogP contribution in [0.3, 0.4) is 0 Å². The van der Waals surface area contributed by atoms with Crippen LogP contribution < -0.4 is 4.80 Å². The van der Waals surface area contributed by atoms with Gasteiger partial charge in [-0.2, -0.15) is 4.99 Å². The first kappa shape index (κ1) is 20.3. The summed E-state index contributed by atoms with van der Waals surface area (Å²) in [6.07, 6.45) is 0. The van der Waals surface area contributed by atoms with E-state index in [1.807, 2.05) is 42.5 Å². The second-order valence-electron chi connectivity index (χ2n) is 7.32. The molecule has 30 heavy (non-hydrogen) atoms. The first-order valence-electron chi connectivity index (χ1n) is 9.91. The molecule has 0 N–H and O–H groups in total. The molecule has 0 saturated carbocycles. The van der Waals surface area contributed by atoms with Gasteiger partial charge in [0.15, 0.2) is 4.80 Å². The lowest BCUT2D eigenvalue weighted by molar-refractivity contribution is 0.0997. The number of benzene rings is 3. The summed E-state index contributed by atoms with van der Waals surface area (Å²) in [6.45, 7) is 5.39. The third-order valence-corrected chi connectivity index (χ3v) is 6.30. The van der Waals surface area contributed by atoms with E-state index in [9.17, 15) is 4.79 Å². The standard InChI is InChI=1S/C25H24N2O2S/c1-17-15-18(2)23-22(16-17)27(13-14-29-3)25(30-23)26-24(28)21-11-9-20(10-12-21)19-7-5-4-6-8-19/h4-12,15-16H,13-14H2,1-3H3. The minimum absolute atomic E-state index is 0.235. The van der Waals surface area contributed by atoms with Crippen LogP contribution in [0.5, 0.6) is 0 Å². The first-order valence-corrected chi connectivity index (χ1v) is 10.7. The number of nitrogens with zero attached hydrogens (tertiary/aromatic N) is 2. The highest BCUT2D eigenvalue weighted by Gasteiger charge is 2.12. The number of hydrogen-bond donors (Lipinski definition) is 0. The van der Waals surface area contributed by atoms with Crippen molar-refractivity contribution in [3.05, 3.63) is 88.2 Å². The highest BCUT2D eigenvalue weighted by molar-refractivity contribution is 7.16. The molecule has 0 spiro atoms. The van der Waals surface area contributed by atoms with Crippen LogP contribution in [0.15, 0.2) is 71.7 Å². The van der Waals surface area contributed by atoms with Crippen molar-refractivity contribution in [2.24, 2.45) is 4.99 Å². The predicted molar refractivity (Wildman–Crippen MR) is 123 cm³/mol. The molecule has 1 aromatic heterocycles. The molecule has 3 aromatic carbocycles. The molecule has 5 heteroatoms. The van der Waals surface area contributed by atoms with E-state index < -0.39 is 0 Å². The van der Waals surface area contributed by atoms with Crippen LogP contribution in [0.4, 0.5) is 0 Å². The first-order chi connectivity index (χ1) is 14.6. The monoisotopic (exact) mass is 416 g/mol. The second-order valence-corrected chi connectivity index (χ2v) is 8.30. The molecule has 0 saturated heterocycles. The summed E-state index contributed by atoms with van der Waals surface area (Å²) < 4.78 is 8.52. The van der Waals surface area contributed by atoms with E-state index in [4.69, 9.17) is 4.74 Å². The molecule has 4 aromatic rings. The molecule has 152 valence electrons. The van der Waals surface area contributed by atoms with E-state index in [1.54, 1.807) is 18.4 Å². The van der Waals surface area contributed by atoms with Crippen LogP contribution in [0.25, 0.3) is 21.3 Å². The zero-order chi connectivity index (χ0) is 21.1. The molecule has 0 aliphatic rings. The van der Waals surface area contributed by atoms with Crippen molar-refractivity contribution >= 4 is 27.5 Å². The van der Waals surface area contributed by atoms with Crippen LogP contribution in [-0.4, -0.2) is 24.2 Å². The summed E-state index contributed by atoms with van der Waals surface area (Å²) in [4.78, 5) is 18.1. The van der Waals surface area contributed by atoms with Gasteiger partial charge in [-0.3, -0.25) is 4.79 Å².